The molecule has 0 radical (unpaired) electrons. The highest BCUT2D eigenvalue weighted by molar-refractivity contribution is 14.0. The highest BCUT2D eigenvalue weighted by atomic mass is 127. The monoisotopic (exact) mass is 479 g/mol. The van der Waals surface area contributed by atoms with Crippen molar-refractivity contribution < 1.29 is 4.74 Å². The Kier molecular flexibility index (Phi) is 16.4. The van der Waals surface area contributed by atoms with Crippen molar-refractivity contribution in [2.45, 2.75) is 39.5 Å². The summed E-state index contributed by atoms with van der Waals surface area (Å²) in [6.07, 6.45) is 6.65. The first-order valence-electron chi connectivity index (χ1n) is 8.97. The third-order valence-electron chi connectivity index (χ3n) is 3.52. The first-order valence-corrected chi connectivity index (χ1v) is 10.4. The quantitative estimate of drug-likeness (QED) is 0.201. The topological polar surface area (TPSA) is 45.7 Å². The van der Waals surface area contributed by atoms with Crippen LogP contribution in [0.3, 0.4) is 0 Å². The number of hydrogen-bond acceptors (Lipinski definition) is 3. The Hall–Kier alpha value is -0.630. The molecule has 0 aromatic heterocycles. The minimum Gasteiger partial charge on any atom is -0.494 e. The molecule has 0 bridgehead atoms. The van der Waals surface area contributed by atoms with Crippen LogP contribution in [0.15, 0.2) is 29.3 Å². The smallest absolute Gasteiger partial charge is 0.191 e. The number of nitrogens with one attached hydrogen (secondary N) is 2. The summed E-state index contributed by atoms with van der Waals surface area (Å²) in [7, 11) is 0. The molecule has 0 saturated heterocycles. The molecule has 0 heterocycles. The maximum absolute atomic E-state index is 5.74. The van der Waals surface area contributed by atoms with Crippen molar-refractivity contribution >= 4 is 41.7 Å². The van der Waals surface area contributed by atoms with Gasteiger partial charge in [-0.2, -0.15) is 11.8 Å². The minimum atomic E-state index is 0. The van der Waals surface area contributed by atoms with E-state index in [1.165, 1.54) is 17.7 Å². The Morgan fingerprint density at radius 2 is 1.84 bits per heavy atom. The van der Waals surface area contributed by atoms with E-state index in [0.29, 0.717) is 0 Å². The number of thioether (sulfide) groups is 1. The lowest BCUT2D eigenvalue weighted by Gasteiger charge is -2.11. The summed E-state index contributed by atoms with van der Waals surface area (Å²) in [5.41, 5.74) is 1.26. The number of benzene rings is 1. The molecule has 0 unspecified atom stereocenters. The van der Waals surface area contributed by atoms with Crippen molar-refractivity contribution in [2.24, 2.45) is 4.99 Å². The van der Waals surface area contributed by atoms with Crippen molar-refractivity contribution in [3.8, 4) is 5.75 Å². The van der Waals surface area contributed by atoms with Gasteiger partial charge in [0.25, 0.3) is 0 Å². The predicted octanol–water partition coefficient (Wildman–Crippen LogP) is 4.47. The van der Waals surface area contributed by atoms with Gasteiger partial charge in [0, 0.05) is 19.6 Å². The standard InChI is InChI=1S/C19H33N3OS.HI/c1-4-20-19(22-14-6-8-16-24-3)21-13-5-7-15-23-18-11-9-17(2)10-12-18;/h9-12H,4-8,13-16H2,1-3H3,(H2,20,21,22);1H. The summed E-state index contributed by atoms with van der Waals surface area (Å²) in [6, 6.07) is 8.21. The van der Waals surface area contributed by atoms with Crippen LogP contribution < -0.4 is 15.4 Å². The zero-order chi connectivity index (χ0) is 17.5. The predicted molar refractivity (Wildman–Crippen MR) is 123 cm³/mol. The average molecular weight is 479 g/mol. The number of aliphatic imine (C=N–C) groups is 1. The molecule has 1 aromatic rings. The van der Waals surface area contributed by atoms with Gasteiger partial charge in [0.15, 0.2) is 5.96 Å². The Morgan fingerprint density at radius 1 is 1.08 bits per heavy atom. The maximum Gasteiger partial charge on any atom is 0.191 e. The van der Waals surface area contributed by atoms with E-state index in [4.69, 9.17) is 4.74 Å². The number of hydrogen-bond donors (Lipinski definition) is 2. The van der Waals surface area contributed by atoms with Crippen LogP contribution >= 0.6 is 35.7 Å². The lowest BCUT2D eigenvalue weighted by atomic mass is 10.2. The van der Waals surface area contributed by atoms with Gasteiger partial charge < -0.3 is 15.4 Å². The molecule has 0 atom stereocenters. The summed E-state index contributed by atoms with van der Waals surface area (Å²) in [5.74, 6) is 3.11. The molecule has 25 heavy (non-hydrogen) atoms. The van der Waals surface area contributed by atoms with Crippen molar-refractivity contribution in [3.63, 3.8) is 0 Å². The zero-order valence-corrected chi connectivity index (χ0v) is 19.0. The van der Waals surface area contributed by atoms with Crippen molar-refractivity contribution in [2.75, 3.05) is 38.2 Å². The maximum atomic E-state index is 5.74. The van der Waals surface area contributed by atoms with Crippen LogP contribution in [0.4, 0.5) is 0 Å². The van der Waals surface area contributed by atoms with Crippen LogP contribution in [0.5, 0.6) is 5.75 Å². The van der Waals surface area contributed by atoms with Crippen LogP contribution in [-0.2, 0) is 0 Å². The second-order valence-electron chi connectivity index (χ2n) is 5.76. The third kappa shape index (κ3) is 13.3. The Labute approximate surface area is 175 Å². The molecule has 0 aliphatic rings. The van der Waals surface area contributed by atoms with Gasteiger partial charge >= 0.3 is 0 Å². The first kappa shape index (κ1) is 24.4. The van der Waals surface area contributed by atoms with Gasteiger partial charge in [-0.05, 0) is 63.7 Å². The van der Waals surface area contributed by atoms with E-state index in [0.717, 1.165) is 57.2 Å². The molecule has 0 aliphatic carbocycles. The molecule has 1 rings (SSSR count). The van der Waals surface area contributed by atoms with Gasteiger partial charge in [-0.25, -0.2) is 0 Å². The van der Waals surface area contributed by atoms with Crippen molar-refractivity contribution in [1.82, 2.24) is 10.6 Å². The van der Waals surface area contributed by atoms with Gasteiger partial charge in [0.2, 0.25) is 0 Å². The second-order valence-corrected chi connectivity index (χ2v) is 6.74. The van der Waals surface area contributed by atoms with Crippen LogP contribution in [0.2, 0.25) is 0 Å². The SMILES string of the molecule is CCNC(=NCCCCSC)NCCCCOc1ccc(C)cc1.I. The molecule has 0 aliphatic heterocycles. The number of guanidine groups is 1. The van der Waals surface area contributed by atoms with Crippen molar-refractivity contribution in [3.05, 3.63) is 29.8 Å². The number of rotatable bonds is 12. The molecular weight excluding hydrogens is 445 g/mol. The van der Waals surface area contributed by atoms with E-state index in [9.17, 15) is 0 Å². The van der Waals surface area contributed by atoms with Crippen LogP contribution in [0.25, 0.3) is 0 Å². The zero-order valence-electron chi connectivity index (χ0n) is 15.8. The van der Waals surface area contributed by atoms with Crippen molar-refractivity contribution in [1.29, 1.82) is 0 Å². The molecule has 144 valence electrons. The van der Waals surface area contributed by atoms with Crippen LogP contribution in [0, 0.1) is 6.92 Å². The fourth-order valence-corrected chi connectivity index (χ4v) is 2.64. The number of unbranched alkanes of at least 4 members (excludes halogenated alkanes) is 2. The lowest BCUT2D eigenvalue weighted by Crippen LogP contribution is -2.38. The van der Waals surface area contributed by atoms with E-state index >= 15 is 0 Å². The molecule has 0 spiro atoms. The highest BCUT2D eigenvalue weighted by Gasteiger charge is 1.97. The van der Waals surface area contributed by atoms with Gasteiger partial charge in [-0.3, -0.25) is 4.99 Å². The molecule has 0 fully saturated rings. The Bertz CT molecular complexity index is 454. The molecule has 6 heteroatoms. The number of nitrogens with zero attached hydrogens (tertiary/aromatic N) is 1. The van der Waals surface area contributed by atoms with E-state index in [1.54, 1.807) is 0 Å². The summed E-state index contributed by atoms with van der Waals surface area (Å²) in [6.45, 7) is 7.66. The van der Waals surface area contributed by atoms with Gasteiger partial charge in [-0.15, -0.1) is 24.0 Å². The summed E-state index contributed by atoms with van der Waals surface area (Å²) in [5, 5.41) is 6.69. The first-order chi connectivity index (χ1) is 11.8. The summed E-state index contributed by atoms with van der Waals surface area (Å²) in [4.78, 5) is 4.61. The Balaban J connectivity index is 0.00000576. The van der Waals surface area contributed by atoms with Crippen LogP contribution in [0.1, 0.15) is 38.2 Å². The third-order valence-corrected chi connectivity index (χ3v) is 4.22. The van der Waals surface area contributed by atoms with E-state index in [2.05, 4.69) is 47.9 Å². The van der Waals surface area contributed by atoms with E-state index < -0.39 is 0 Å². The number of aryl methyl sites for hydroxylation is 1. The fraction of sp³-hybridized carbons (Fsp3) is 0.632. The minimum absolute atomic E-state index is 0. The molecule has 0 amide bonds. The Morgan fingerprint density at radius 3 is 2.52 bits per heavy atom. The largest absolute Gasteiger partial charge is 0.494 e. The van der Waals surface area contributed by atoms with Gasteiger partial charge in [0.05, 0.1) is 6.61 Å². The number of halogens is 1. The number of ether oxygens (including phenoxy) is 1. The lowest BCUT2D eigenvalue weighted by molar-refractivity contribution is 0.307. The molecule has 0 saturated carbocycles. The van der Waals surface area contributed by atoms with Gasteiger partial charge in [-0.1, -0.05) is 17.7 Å². The second kappa shape index (κ2) is 16.8. The summed E-state index contributed by atoms with van der Waals surface area (Å²) >= 11 is 1.90. The summed E-state index contributed by atoms with van der Waals surface area (Å²) < 4.78 is 5.74. The average Bonchev–Trinajstić information content (AvgIpc) is 2.59. The van der Waals surface area contributed by atoms with E-state index in [1.807, 2.05) is 23.9 Å². The molecular formula is C19H34IN3OS. The molecule has 2 N–H and O–H groups in total. The molecule has 4 nitrogen and oxygen atoms in total. The van der Waals surface area contributed by atoms with E-state index in [-0.39, 0.29) is 24.0 Å². The van der Waals surface area contributed by atoms with Crippen LogP contribution in [-0.4, -0.2) is 44.2 Å². The van der Waals surface area contributed by atoms with Gasteiger partial charge in [0.1, 0.15) is 5.75 Å². The normalized spacial score (nSPS) is 10.9. The highest BCUT2D eigenvalue weighted by Crippen LogP contribution is 2.11. The molecule has 1 aromatic carbocycles. The fourth-order valence-electron chi connectivity index (χ4n) is 2.15.